The average molecular weight is 454 g/mol. The number of carboxylic acid groups (broad SMARTS) is 1. The zero-order chi connectivity index (χ0) is 22.9. The smallest absolute Gasteiger partial charge is 0.407 e. The molecule has 1 aromatic heterocycles. The Balaban J connectivity index is 1.66. The number of rotatable bonds is 11. The summed E-state index contributed by atoms with van der Waals surface area (Å²) >= 11 is 6.45. The summed E-state index contributed by atoms with van der Waals surface area (Å²) < 4.78 is 0. The van der Waals surface area contributed by atoms with Crippen LogP contribution in [0, 0.1) is 0 Å². The maximum atomic E-state index is 11.6. The van der Waals surface area contributed by atoms with Gasteiger partial charge in [-0.1, -0.05) is 41.9 Å². The van der Waals surface area contributed by atoms with E-state index in [9.17, 15) is 9.59 Å². The molecule has 0 aliphatic heterocycles. The second kappa shape index (κ2) is 11.5. The largest absolute Gasteiger partial charge is 0.465 e. The van der Waals surface area contributed by atoms with Crippen molar-refractivity contribution in [3.63, 3.8) is 0 Å². The molecule has 0 radical (unpaired) electrons. The molecular weight excluding hydrogens is 426 g/mol. The van der Waals surface area contributed by atoms with Crippen LogP contribution in [-0.2, 0) is 11.2 Å². The highest BCUT2D eigenvalue weighted by Gasteiger charge is 2.13. The first kappa shape index (κ1) is 23.5. The van der Waals surface area contributed by atoms with Gasteiger partial charge in [-0.15, -0.1) is 0 Å². The van der Waals surface area contributed by atoms with Crippen molar-refractivity contribution >= 4 is 40.6 Å². The molecule has 0 bridgehead atoms. The van der Waals surface area contributed by atoms with E-state index in [2.05, 4.69) is 5.32 Å². The molecule has 32 heavy (non-hydrogen) atoms. The van der Waals surface area contributed by atoms with E-state index in [1.54, 1.807) is 0 Å². The van der Waals surface area contributed by atoms with Crippen molar-refractivity contribution in [2.45, 2.75) is 32.1 Å². The van der Waals surface area contributed by atoms with Gasteiger partial charge in [-0.2, -0.15) is 0 Å². The fourth-order valence-corrected chi connectivity index (χ4v) is 3.98. The van der Waals surface area contributed by atoms with Crippen molar-refractivity contribution in [1.29, 1.82) is 0 Å². The minimum Gasteiger partial charge on any atom is -0.465 e. The summed E-state index contributed by atoms with van der Waals surface area (Å²) in [5, 5.41) is 14.0. The molecule has 1 heterocycles. The number of anilines is 1. The van der Waals surface area contributed by atoms with Gasteiger partial charge < -0.3 is 20.1 Å². The number of fused-ring (bicyclic) bond motifs is 1. The summed E-state index contributed by atoms with van der Waals surface area (Å²) in [7, 11) is 0. The van der Waals surface area contributed by atoms with E-state index in [1.807, 2.05) is 61.5 Å². The Hall–Kier alpha value is -3.12. The summed E-state index contributed by atoms with van der Waals surface area (Å²) in [6, 6.07) is 17.4. The van der Waals surface area contributed by atoms with E-state index in [0.717, 1.165) is 34.1 Å². The maximum absolute atomic E-state index is 11.6. The van der Waals surface area contributed by atoms with Gasteiger partial charge in [-0.3, -0.25) is 4.98 Å². The van der Waals surface area contributed by atoms with Crippen molar-refractivity contribution in [3.05, 3.63) is 70.9 Å². The zero-order valence-electron chi connectivity index (χ0n) is 18.1. The molecule has 1 atom stereocenters. The second-order valence-corrected chi connectivity index (χ2v) is 8.03. The number of aryl methyl sites for hydroxylation is 1. The van der Waals surface area contributed by atoms with Crippen molar-refractivity contribution in [2.75, 3.05) is 25.0 Å². The molecule has 2 aromatic carbocycles. The number of pyridine rings is 1. The number of benzene rings is 2. The summed E-state index contributed by atoms with van der Waals surface area (Å²) in [4.78, 5) is 28.8. The predicted octanol–water partition coefficient (Wildman–Crippen LogP) is 5.61. The van der Waals surface area contributed by atoms with E-state index in [-0.39, 0.29) is 5.92 Å². The number of aromatic nitrogens is 1. The molecule has 6 nitrogen and oxygen atoms in total. The number of halogens is 1. The first-order valence-electron chi connectivity index (χ1n) is 10.8. The molecule has 3 aromatic rings. The molecule has 3 rings (SSSR count). The monoisotopic (exact) mass is 453 g/mol. The predicted molar refractivity (Wildman–Crippen MR) is 129 cm³/mol. The van der Waals surface area contributed by atoms with Gasteiger partial charge in [-0.25, -0.2) is 4.79 Å². The fraction of sp³-hybridized carbons (Fsp3) is 0.320. The van der Waals surface area contributed by atoms with Crippen LogP contribution in [0.1, 0.15) is 36.9 Å². The summed E-state index contributed by atoms with van der Waals surface area (Å²) in [5.41, 5.74) is 3.56. The van der Waals surface area contributed by atoms with E-state index in [1.165, 1.54) is 4.90 Å². The van der Waals surface area contributed by atoms with E-state index in [4.69, 9.17) is 21.7 Å². The minimum atomic E-state index is -0.895. The highest BCUT2D eigenvalue weighted by Crippen LogP contribution is 2.31. The number of amides is 1. The Morgan fingerprint density at radius 3 is 2.66 bits per heavy atom. The van der Waals surface area contributed by atoms with Crippen molar-refractivity contribution in [1.82, 2.24) is 9.88 Å². The molecule has 0 saturated heterocycles. The standard InChI is InChI=1S/C25H28ClN3O3/c1-2-29(25(31)32)16-6-9-20-10-11-21-23(28-20)13-12-22(26)24(21)27-15-14-19(17-30)18-7-4-3-5-8-18/h3-5,7-8,10-13,17,19,27H,2,6,9,14-16H2,1H3,(H,31,32)/t19-/m0/s1. The SMILES string of the molecule is CCN(CCCc1ccc2c(NCC[C@@H](C=O)c3ccccc3)c(Cl)ccc2n1)C(=O)O. The number of nitrogens with one attached hydrogen (secondary N) is 1. The van der Waals surface area contributed by atoms with Crippen LogP contribution in [0.15, 0.2) is 54.6 Å². The third-order valence-electron chi connectivity index (χ3n) is 5.54. The third-order valence-corrected chi connectivity index (χ3v) is 5.86. The fourth-order valence-electron chi connectivity index (χ4n) is 3.74. The summed E-state index contributed by atoms with van der Waals surface area (Å²) in [6.07, 6.45) is 2.16. The van der Waals surface area contributed by atoms with Crippen LogP contribution in [0.3, 0.4) is 0 Å². The third kappa shape index (κ3) is 5.98. The van der Waals surface area contributed by atoms with E-state index >= 15 is 0 Å². The molecule has 7 heteroatoms. The average Bonchev–Trinajstić information content (AvgIpc) is 2.81. The lowest BCUT2D eigenvalue weighted by Gasteiger charge is -2.17. The number of hydrogen-bond acceptors (Lipinski definition) is 4. The van der Waals surface area contributed by atoms with Crippen molar-refractivity contribution in [3.8, 4) is 0 Å². The van der Waals surface area contributed by atoms with Crippen molar-refractivity contribution in [2.24, 2.45) is 0 Å². The quantitative estimate of drug-likeness (QED) is 0.369. The Morgan fingerprint density at radius 2 is 1.97 bits per heavy atom. The normalized spacial score (nSPS) is 11.8. The van der Waals surface area contributed by atoms with Gasteiger partial charge in [-0.05, 0) is 56.0 Å². The Labute approximate surface area is 193 Å². The van der Waals surface area contributed by atoms with Gasteiger partial charge in [0.2, 0.25) is 0 Å². The Morgan fingerprint density at radius 1 is 1.19 bits per heavy atom. The van der Waals surface area contributed by atoms with Gasteiger partial charge in [0, 0.05) is 36.6 Å². The van der Waals surface area contributed by atoms with Crippen LogP contribution in [0.2, 0.25) is 5.02 Å². The number of carbonyl (C=O) groups excluding carboxylic acids is 1. The van der Waals surface area contributed by atoms with Gasteiger partial charge in [0.15, 0.2) is 0 Å². The van der Waals surface area contributed by atoms with Gasteiger partial charge in [0.25, 0.3) is 0 Å². The highest BCUT2D eigenvalue weighted by molar-refractivity contribution is 6.34. The van der Waals surface area contributed by atoms with Crippen LogP contribution >= 0.6 is 11.6 Å². The Bertz CT molecular complexity index is 1060. The lowest BCUT2D eigenvalue weighted by molar-refractivity contribution is -0.109. The molecule has 0 aliphatic carbocycles. The molecule has 2 N–H and O–H groups in total. The van der Waals surface area contributed by atoms with E-state index in [0.29, 0.717) is 43.9 Å². The zero-order valence-corrected chi connectivity index (χ0v) is 18.9. The molecule has 0 saturated carbocycles. The molecule has 0 aliphatic rings. The molecule has 168 valence electrons. The topological polar surface area (TPSA) is 82.5 Å². The molecular formula is C25H28ClN3O3. The first-order valence-corrected chi connectivity index (χ1v) is 11.2. The van der Waals surface area contributed by atoms with Gasteiger partial charge in [0.1, 0.15) is 6.29 Å². The van der Waals surface area contributed by atoms with Crippen LogP contribution in [0.25, 0.3) is 10.9 Å². The second-order valence-electron chi connectivity index (χ2n) is 7.63. The number of hydrogen-bond donors (Lipinski definition) is 2. The number of nitrogens with zero attached hydrogens (tertiary/aromatic N) is 2. The lowest BCUT2D eigenvalue weighted by Crippen LogP contribution is -2.30. The van der Waals surface area contributed by atoms with E-state index < -0.39 is 6.09 Å². The minimum absolute atomic E-state index is 0.171. The van der Waals surface area contributed by atoms with Crippen LogP contribution in [-0.4, -0.2) is 47.0 Å². The maximum Gasteiger partial charge on any atom is 0.407 e. The molecule has 0 fully saturated rings. The first-order chi connectivity index (χ1) is 15.5. The van der Waals surface area contributed by atoms with Crippen LogP contribution in [0.5, 0.6) is 0 Å². The summed E-state index contributed by atoms with van der Waals surface area (Å²) in [5.74, 6) is -0.171. The summed E-state index contributed by atoms with van der Waals surface area (Å²) in [6.45, 7) is 3.39. The molecule has 0 spiro atoms. The highest BCUT2D eigenvalue weighted by atomic mass is 35.5. The van der Waals surface area contributed by atoms with Gasteiger partial charge >= 0.3 is 6.09 Å². The van der Waals surface area contributed by atoms with Gasteiger partial charge in [0.05, 0.1) is 16.2 Å². The lowest BCUT2D eigenvalue weighted by atomic mass is 9.97. The van der Waals surface area contributed by atoms with Crippen LogP contribution < -0.4 is 5.32 Å². The number of carbonyl (C=O) groups is 2. The van der Waals surface area contributed by atoms with Crippen molar-refractivity contribution < 1.29 is 14.7 Å². The molecule has 0 unspecified atom stereocenters. The number of aldehydes is 1. The Kier molecular flexibility index (Phi) is 8.45. The molecule has 1 amide bonds. The van der Waals surface area contributed by atoms with Crippen LogP contribution in [0.4, 0.5) is 10.5 Å².